The van der Waals surface area contributed by atoms with E-state index in [0.29, 0.717) is 59.5 Å². The molecule has 0 radical (unpaired) electrons. The number of benzene rings is 1. The van der Waals surface area contributed by atoms with Gasteiger partial charge in [-0.2, -0.15) is 0 Å². The second-order valence-electron chi connectivity index (χ2n) is 7.52. The van der Waals surface area contributed by atoms with Crippen LogP contribution in [0, 0.1) is 6.92 Å². The lowest BCUT2D eigenvalue weighted by molar-refractivity contribution is 0.239. The van der Waals surface area contributed by atoms with E-state index >= 15 is 0 Å². The van der Waals surface area contributed by atoms with E-state index in [2.05, 4.69) is 24.8 Å². The lowest BCUT2D eigenvalue weighted by atomic mass is 10.1. The zero-order valence-electron chi connectivity index (χ0n) is 16.4. The van der Waals surface area contributed by atoms with Gasteiger partial charge in [-0.3, -0.25) is 14.5 Å². The van der Waals surface area contributed by atoms with E-state index in [4.69, 9.17) is 4.42 Å². The molecule has 0 amide bonds. The lowest BCUT2D eigenvalue weighted by Crippen LogP contribution is -2.36. The molecular weight excluding hydrogens is 382 g/mol. The Morgan fingerprint density at radius 2 is 2.03 bits per heavy atom. The van der Waals surface area contributed by atoms with Gasteiger partial charge in [-0.05, 0) is 19.1 Å². The van der Waals surface area contributed by atoms with Crippen LogP contribution in [-0.2, 0) is 19.5 Å². The molecule has 150 valence electrons. The minimum absolute atomic E-state index is 0.0304. The predicted molar refractivity (Wildman–Crippen MR) is 111 cm³/mol. The van der Waals surface area contributed by atoms with Gasteiger partial charge in [0, 0.05) is 44.0 Å². The van der Waals surface area contributed by atoms with Gasteiger partial charge < -0.3 is 9.40 Å². The van der Waals surface area contributed by atoms with E-state index in [1.807, 2.05) is 25.1 Å². The molecule has 4 heterocycles. The average Bonchev–Trinajstić information content (AvgIpc) is 2.77. The molecule has 0 saturated carbocycles. The molecule has 1 N–H and O–H groups in total. The molecule has 1 aliphatic rings. The van der Waals surface area contributed by atoms with Gasteiger partial charge in [0.1, 0.15) is 17.7 Å². The summed E-state index contributed by atoms with van der Waals surface area (Å²) in [5, 5.41) is 0.583. The Hall–Kier alpha value is -3.65. The van der Waals surface area contributed by atoms with E-state index in [0.717, 1.165) is 11.3 Å². The monoisotopic (exact) mass is 401 g/mol. The predicted octanol–water partition coefficient (Wildman–Crippen LogP) is 2.20. The Morgan fingerprint density at radius 3 is 2.87 bits per heavy atom. The van der Waals surface area contributed by atoms with Crippen LogP contribution < -0.4 is 11.0 Å². The maximum Gasteiger partial charge on any atom is 0.255 e. The van der Waals surface area contributed by atoms with Crippen LogP contribution in [0.1, 0.15) is 22.4 Å². The Labute approximate surface area is 171 Å². The SMILES string of the molecule is Cc1ccc2occ(CN3CCc4nc(-c5cncnc5)[nH]c(=O)c4C3)c(=O)c2c1. The molecule has 3 aromatic heterocycles. The highest BCUT2D eigenvalue weighted by molar-refractivity contribution is 5.77. The summed E-state index contributed by atoms with van der Waals surface area (Å²) in [5.41, 5.74) is 4.04. The van der Waals surface area contributed by atoms with Crippen LogP contribution in [0.3, 0.4) is 0 Å². The Balaban J connectivity index is 1.43. The summed E-state index contributed by atoms with van der Waals surface area (Å²) in [6, 6.07) is 5.58. The van der Waals surface area contributed by atoms with Gasteiger partial charge in [0.2, 0.25) is 0 Å². The van der Waals surface area contributed by atoms with Gasteiger partial charge in [0.25, 0.3) is 5.56 Å². The minimum Gasteiger partial charge on any atom is -0.464 e. The summed E-state index contributed by atoms with van der Waals surface area (Å²) in [6.07, 6.45) is 6.82. The molecule has 0 aliphatic carbocycles. The number of aryl methyl sites for hydroxylation is 1. The third kappa shape index (κ3) is 3.31. The Morgan fingerprint density at radius 1 is 1.20 bits per heavy atom. The first-order valence-corrected chi connectivity index (χ1v) is 9.69. The third-order valence-corrected chi connectivity index (χ3v) is 5.38. The Kier molecular flexibility index (Phi) is 4.48. The standard InChI is InChI=1S/C22H19N5O3/c1-13-2-3-19-16(6-13)20(28)15(11-30-19)9-27-5-4-18-17(10-27)22(29)26-21(25-18)14-7-23-12-24-8-14/h2-3,6-8,11-12H,4-5,9-10H2,1H3,(H,25,26,29). The highest BCUT2D eigenvalue weighted by atomic mass is 16.3. The van der Waals surface area contributed by atoms with Crippen molar-refractivity contribution in [2.45, 2.75) is 26.4 Å². The molecule has 1 aliphatic heterocycles. The summed E-state index contributed by atoms with van der Waals surface area (Å²) < 4.78 is 5.66. The summed E-state index contributed by atoms with van der Waals surface area (Å²) >= 11 is 0. The molecule has 8 heteroatoms. The first-order chi connectivity index (χ1) is 14.6. The second kappa shape index (κ2) is 7.31. The fourth-order valence-electron chi connectivity index (χ4n) is 3.81. The van der Waals surface area contributed by atoms with Gasteiger partial charge >= 0.3 is 0 Å². The van der Waals surface area contributed by atoms with E-state index in [9.17, 15) is 9.59 Å². The van der Waals surface area contributed by atoms with Crippen LogP contribution in [-0.4, -0.2) is 31.4 Å². The summed E-state index contributed by atoms with van der Waals surface area (Å²) in [4.78, 5) is 43.0. The van der Waals surface area contributed by atoms with E-state index in [-0.39, 0.29) is 11.0 Å². The molecule has 0 saturated heterocycles. The molecule has 30 heavy (non-hydrogen) atoms. The van der Waals surface area contributed by atoms with Gasteiger partial charge in [-0.15, -0.1) is 0 Å². The first kappa shape index (κ1) is 18.4. The molecule has 1 aromatic carbocycles. The topological polar surface area (TPSA) is 105 Å². The Bertz CT molecular complexity index is 1360. The molecule has 5 rings (SSSR count). The summed E-state index contributed by atoms with van der Waals surface area (Å²) in [6.45, 7) is 3.48. The maximum atomic E-state index is 12.9. The van der Waals surface area contributed by atoms with E-state index < -0.39 is 0 Å². The van der Waals surface area contributed by atoms with Crippen LogP contribution in [0.5, 0.6) is 0 Å². The van der Waals surface area contributed by atoms with Crippen molar-refractivity contribution in [3.8, 4) is 11.4 Å². The van der Waals surface area contributed by atoms with Crippen molar-refractivity contribution in [1.29, 1.82) is 0 Å². The van der Waals surface area contributed by atoms with Crippen LogP contribution in [0.25, 0.3) is 22.4 Å². The van der Waals surface area contributed by atoms with Crippen molar-refractivity contribution in [1.82, 2.24) is 24.8 Å². The van der Waals surface area contributed by atoms with Crippen molar-refractivity contribution in [2.24, 2.45) is 0 Å². The third-order valence-electron chi connectivity index (χ3n) is 5.38. The quantitative estimate of drug-likeness (QED) is 0.561. The highest BCUT2D eigenvalue weighted by Gasteiger charge is 2.23. The lowest BCUT2D eigenvalue weighted by Gasteiger charge is -2.27. The fraction of sp³-hybridized carbons (Fsp3) is 0.227. The van der Waals surface area contributed by atoms with Crippen LogP contribution in [0.4, 0.5) is 0 Å². The van der Waals surface area contributed by atoms with Crippen molar-refractivity contribution in [2.75, 3.05) is 6.54 Å². The second-order valence-corrected chi connectivity index (χ2v) is 7.52. The zero-order chi connectivity index (χ0) is 20.7. The normalized spacial score (nSPS) is 14.0. The van der Waals surface area contributed by atoms with E-state index in [1.165, 1.54) is 12.6 Å². The molecule has 0 bridgehead atoms. The number of aromatic amines is 1. The number of rotatable bonds is 3. The molecule has 8 nitrogen and oxygen atoms in total. The summed E-state index contributed by atoms with van der Waals surface area (Å²) in [7, 11) is 0. The number of aromatic nitrogens is 4. The molecule has 0 spiro atoms. The molecule has 0 atom stereocenters. The number of fused-ring (bicyclic) bond motifs is 2. The van der Waals surface area contributed by atoms with Crippen molar-refractivity contribution >= 4 is 11.0 Å². The molecular formula is C22H19N5O3. The molecule has 4 aromatic rings. The van der Waals surface area contributed by atoms with Crippen molar-refractivity contribution in [3.05, 3.63) is 86.1 Å². The van der Waals surface area contributed by atoms with Crippen molar-refractivity contribution in [3.63, 3.8) is 0 Å². The van der Waals surface area contributed by atoms with Crippen LogP contribution in [0.15, 0.2) is 57.2 Å². The fourth-order valence-corrected chi connectivity index (χ4v) is 3.81. The van der Waals surface area contributed by atoms with Crippen molar-refractivity contribution < 1.29 is 4.42 Å². The smallest absolute Gasteiger partial charge is 0.255 e. The average molecular weight is 401 g/mol. The molecule has 0 fully saturated rings. The van der Waals surface area contributed by atoms with E-state index in [1.54, 1.807) is 12.4 Å². The number of nitrogens with zero attached hydrogens (tertiary/aromatic N) is 4. The van der Waals surface area contributed by atoms with Gasteiger partial charge in [-0.25, -0.2) is 15.0 Å². The highest BCUT2D eigenvalue weighted by Crippen LogP contribution is 2.20. The molecule has 0 unspecified atom stereocenters. The minimum atomic E-state index is -0.176. The summed E-state index contributed by atoms with van der Waals surface area (Å²) in [5.74, 6) is 0.471. The largest absolute Gasteiger partial charge is 0.464 e. The van der Waals surface area contributed by atoms with Crippen LogP contribution in [0.2, 0.25) is 0 Å². The maximum absolute atomic E-state index is 12.9. The number of H-pyrrole nitrogens is 1. The van der Waals surface area contributed by atoms with Gasteiger partial charge in [-0.1, -0.05) is 11.6 Å². The van der Waals surface area contributed by atoms with Gasteiger partial charge in [0.15, 0.2) is 5.43 Å². The number of hydrogen-bond donors (Lipinski definition) is 1. The number of nitrogens with one attached hydrogen (secondary N) is 1. The first-order valence-electron chi connectivity index (χ1n) is 9.69. The van der Waals surface area contributed by atoms with Gasteiger partial charge in [0.05, 0.1) is 28.5 Å². The number of hydrogen-bond acceptors (Lipinski definition) is 7. The van der Waals surface area contributed by atoms with Crippen LogP contribution >= 0.6 is 0 Å². The zero-order valence-corrected chi connectivity index (χ0v) is 16.4.